The van der Waals surface area contributed by atoms with E-state index in [1.165, 1.54) is 11.3 Å². The van der Waals surface area contributed by atoms with Crippen LogP contribution in [0.15, 0.2) is 29.2 Å². The molecule has 1 heterocycles. The standard InChI is InChI=1S/C13H14N2OS3/c1-8-11(19-13(17)14-8)7-12(16)15-9-4-3-5-10(6-9)18-2/h3-6H,7H2,1-2H3,(H,14,17)(H,15,16). The molecule has 2 rings (SSSR count). The maximum Gasteiger partial charge on any atom is 0.229 e. The van der Waals surface area contributed by atoms with Crippen molar-refractivity contribution < 1.29 is 4.79 Å². The van der Waals surface area contributed by atoms with Crippen LogP contribution in [-0.4, -0.2) is 17.1 Å². The third kappa shape index (κ3) is 3.92. The van der Waals surface area contributed by atoms with Crippen molar-refractivity contribution in [1.82, 2.24) is 4.98 Å². The van der Waals surface area contributed by atoms with E-state index in [4.69, 9.17) is 12.2 Å². The Hall–Kier alpha value is -1.11. The third-order valence-corrected chi connectivity index (χ3v) is 4.66. The van der Waals surface area contributed by atoms with Gasteiger partial charge in [-0.1, -0.05) is 6.07 Å². The summed E-state index contributed by atoms with van der Waals surface area (Å²) in [6, 6.07) is 7.81. The summed E-state index contributed by atoms with van der Waals surface area (Å²) >= 11 is 8.17. The second-order valence-corrected chi connectivity index (χ2v) is 6.67. The number of aryl methyl sites for hydroxylation is 1. The van der Waals surface area contributed by atoms with Crippen LogP contribution in [-0.2, 0) is 11.2 Å². The van der Waals surface area contributed by atoms with Crippen LogP contribution in [0.1, 0.15) is 10.6 Å². The molecule has 0 spiro atoms. The van der Waals surface area contributed by atoms with Crippen LogP contribution in [0.5, 0.6) is 0 Å². The number of hydrogen-bond donors (Lipinski definition) is 2. The topological polar surface area (TPSA) is 44.9 Å². The fraction of sp³-hybridized carbons (Fsp3) is 0.231. The molecule has 100 valence electrons. The van der Waals surface area contributed by atoms with Crippen LogP contribution < -0.4 is 5.32 Å². The average molecular weight is 310 g/mol. The molecule has 0 fully saturated rings. The van der Waals surface area contributed by atoms with Crippen LogP contribution in [0, 0.1) is 10.9 Å². The highest BCUT2D eigenvalue weighted by Crippen LogP contribution is 2.20. The highest BCUT2D eigenvalue weighted by Gasteiger charge is 2.09. The summed E-state index contributed by atoms with van der Waals surface area (Å²) in [5.41, 5.74) is 1.80. The van der Waals surface area contributed by atoms with Gasteiger partial charge in [0.2, 0.25) is 5.91 Å². The zero-order chi connectivity index (χ0) is 13.8. The Kier molecular flexibility index (Phi) is 4.79. The molecule has 0 bridgehead atoms. The Labute approximate surface area is 125 Å². The third-order valence-electron chi connectivity index (χ3n) is 2.60. The van der Waals surface area contributed by atoms with Gasteiger partial charge in [0.15, 0.2) is 3.95 Å². The van der Waals surface area contributed by atoms with Gasteiger partial charge in [-0.15, -0.1) is 23.1 Å². The number of thiazole rings is 1. The van der Waals surface area contributed by atoms with Gasteiger partial charge in [0.1, 0.15) is 0 Å². The predicted molar refractivity (Wildman–Crippen MR) is 84.8 cm³/mol. The molecular formula is C13H14N2OS3. The van der Waals surface area contributed by atoms with E-state index >= 15 is 0 Å². The lowest BCUT2D eigenvalue weighted by molar-refractivity contribution is -0.115. The van der Waals surface area contributed by atoms with Crippen molar-refractivity contribution in [3.05, 3.63) is 38.8 Å². The maximum atomic E-state index is 12.0. The molecule has 2 aromatic rings. The first-order valence-electron chi connectivity index (χ1n) is 5.71. The maximum absolute atomic E-state index is 12.0. The molecule has 0 atom stereocenters. The average Bonchev–Trinajstić information content (AvgIpc) is 2.68. The molecule has 0 unspecified atom stereocenters. The van der Waals surface area contributed by atoms with E-state index in [0.717, 1.165) is 21.2 Å². The van der Waals surface area contributed by atoms with E-state index < -0.39 is 0 Å². The quantitative estimate of drug-likeness (QED) is 0.662. The number of hydrogen-bond acceptors (Lipinski definition) is 4. The number of nitrogens with one attached hydrogen (secondary N) is 2. The zero-order valence-corrected chi connectivity index (χ0v) is 13.1. The molecule has 2 N–H and O–H groups in total. The molecule has 19 heavy (non-hydrogen) atoms. The number of anilines is 1. The van der Waals surface area contributed by atoms with E-state index in [2.05, 4.69) is 10.3 Å². The summed E-state index contributed by atoms with van der Waals surface area (Å²) in [7, 11) is 0. The van der Waals surface area contributed by atoms with Gasteiger partial charge in [-0.3, -0.25) is 4.79 Å². The monoisotopic (exact) mass is 310 g/mol. The molecule has 0 saturated carbocycles. The fourth-order valence-corrected chi connectivity index (χ4v) is 3.41. The Balaban J connectivity index is 2.05. The first kappa shape index (κ1) is 14.3. The molecule has 0 radical (unpaired) electrons. The molecule has 0 aliphatic rings. The smallest absolute Gasteiger partial charge is 0.229 e. The van der Waals surface area contributed by atoms with Crippen molar-refractivity contribution in [2.24, 2.45) is 0 Å². The second kappa shape index (κ2) is 6.36. The second-order valence-electron chi connectivity index (χ2n) is 4.02. The summed E-state index contributed by atoms with van der Waals surface area (Å²) in [4.78, 5) is 17.1. The number of aromatic nitrogens is 1. The number of amides is 1. The molecule has 1 aromatic heterocycles. The minimum absolute atomic E-state index is 0.0217. The Morgan fingerprint density at radius 2 is 2.32 bits per heavy atom. The van der Waals surface area contributed by atoms with E-state index in [0.29, 0.717) is 10.4 Å². The van der Waals surface area contributed by atoms with Crippen molar-refractivity contribution in [3.8, 4) is 0 Å². The van der Waals surface area contributed by atoms with Crippen LogP contribution in [0.2, 0.25) is 0 Å². The molecule has 3 nitrogen and oxygen atoms in total. The number of aromatic amines is 1. The molecule has 0 aliphatic heterocycles. The molecule has 1 aromatic carbocycles. The van der Waals surface area contributed by atoms with Gasteiger partial charge in [0, 0.05) is 21.2 Å². The number of carbonyl (C=O) groups excluding carboxylic acids is 1. The molecule has 0 aliphatic carbocycles. The van der Waals surface area contributed by atoms with Gasteiger partial charge in [0.05, 0.1) is 6.42 Å². The first-order valence-corrected chi connectivity index (χ1v) is 8.16. The van der Waals surface area contributed by atoms with Crippen molar-refractivity contribution in [1.29, 1.82) is 0 Å². The summed E-state index contributed by atoms with van der Waals surface area (Å²) in [6.07, 6.45) is 2.37. The van der Waals surface area contributed by atoms with Gasteiger partial charge in [-0.2, -0.15) is 0 Å². The number of H-pyrrole nitrogens is 1. The van der Waals surface area contributed by atoms with Crippen molar-refractivity contribution in [3.63, 3.8) is 0 Å². The van der Waals surface area contributed by atoms with Crippen molar-refractivity contribution in [2.45, 2.75) is 18.2 Å². The molecular weight excluding hydrogens is 296 g/mol. The fourth-order valence-electron chi connectivity index (χ4n) is 1.66. The SMILES string of the molecule is CSc1cccc(NC(=O)Cc2sc(=S)[nH]c2C)c1. The highest BCUT2D eigenvalue weighted by atomic mass is 32.2. The van der Waals surface area contributed by atoms with Crippen LogP contribution in [0.4, 0.5) is 5.69 Å². The highest BCUT2D eigenvalue weighted by molar-refractivity contribution is 7.98. The van der Waals surface area contributed by atoms with Crippen LogP contribution in [0.3, 0.4) is 0 Å². The number of thioether (sulfide) groups is 1. The lowest BCUT2D eigenvalue weighted by atomic mass is 10.2. The summed E-state index contributed by atoms with van der Waals surface area (Å²) in [5, 5.41) is 2.91. The Morgan fingerprint density at radius 3 is 2.95 bits per heavy atom. The molecule has 1 amide bonds. The minimum atomic E-state index is -0.0217. The van der Waals surface area contributed by atoms with Gasteiger partial charge in [-0.05, 0) is 43.6 Å². The number of rotatable bonds is 4. The van der Waals surface area contributed by atoms with E-state index in [-0.39, 0.29) is 5.91 Å². The number of carbonyl (C=O) groups is 1. The minimum Gasteiger partial charge on any atom is -0.341 e. The summed E-state index contributed by atoms with van der Waals surface area (Å²) < 4.78 is 0.713. The van der Waals surface area contributed by atoms with Crippen LogP contribution in [0.25, 0.3) is 0 Å². The number of benzene rings is 1. The lowest BCUT2D eigenvalue weighted by Crippen LogP contribution is -2.14. The summed E-state index contributed by atoms with van der Waals surface area (Å²) in [5.74, 6) is -0.0217. The van der Waals surface area contributed by atoms with E-state index in [1.807, 2.05) is 37.4 Å². The van der Waals surface area contributed by atoms with Crippen LogP contribution >= 0.6 is 35.3 Å². The lowest BCUT2D eigenvalue weighted by Gasteiger charge is -2.06. The van der Waals surface area contributed by atoms with Crippen molar-refractivity contribution in [2.75, 3.05) is 11.6 Å². The zero-order valence-electron chi connectivity index (χ0n) is 10.6. The first-order chi connectivity index (χ1) is 9.08. The van der Waals surface area contributed by atoms with Gasteiger partial charge < -0.3 is 10.3 Å². The normalized spacial score (nSPS) is 10.4. The molecule has 0 saturated heterocycles. The predicted octanol–water partition coefficient (Wildman–Crippen LogP) is 4.02. The van der Waals surface area contributed by atoms with Crippen molar-refractivity contribution >= 4 is 46.9 Å². The largest absolute Gasteiger partial charge is 0.341 e. The molecule has 6 heteroatoms. The summed E-state index contributed by atoms with van der Waals surface area (Å²) in [6.45, 7) is 1.93. The van der Waals surface area contributed by atoms with Gasteiger partial charge >= 0.3 is 0 Å². The van der Waals surface area contributed by atoms with Gasteiger partial charge in [-0.25, -0.2) is 0 Å². The van der Waals surface area contributed by atoms with E-state index in [9.17, 15) is 4.79 Å². The van der Waals surface area contributed by atoms with E-state index in [1.54, 1.807) is 11.8 Å². The Bertz CT molecular complexity index is 645. The van der Waals surface area contributed by atoms with Gasteiger partial charge in [0.25, 0.3) is 0 Å². The Morgan fingerprint density at radius 1 is 1.53 bits per heavy atom.